The van der Waals surface area contributed by atoms with Crippen molar-refractivity contribution < 1.29 is 4.79 Å². The van der Waals surface area contributed by atoms with Crippen LogP contribution in [0.25, 0.3) is 0 Å². The van der Waals surface area contributed by atoms with Gasteiger partial charge in [-0.05, 0) is 45.9 Å². The highest BCUT2D eigenvalue weighted by Crippen LogP contribution is 2.35. The van der Waals surface area contributed by atoms with E-state index in [4.69, 9.17) is 0 Å². The zero-order valence-electron chi connectivity index (χ0n) is 13.8. The molecule has 3 aromatic carbocycles. The maximum absolute atomic E-state index is 12.7. The first-order chi connectivity index (χ1) is 12.2. The Bertz CT molecular complexity index is 800. The van der Waals surface area contributed by atoms with E-state index >= 15 is 0 Å². The van der Waals surface area contributed by atoms with Gasteiger partial charge in [-0.2, -0.15) is 0 Å². The molecule has 0 aliphatic heterocycles. The molecular weight excluding hydrogens is 439 g/mol. The van der Waals surface area contributed by atoms with E-state index in [2.05, 4.69) is 59.0 Å². The number of hydrogen-bond acceptors (Lipinski definition) is 2. The van der Waals surface area contributed by atoms with Crippen LogP contribution < -0.4 is 0 Å². The van der Waals surface area contributed by atoms with E-state index in [-0.39, 0.29) is 11.0 Å². The van der Waals surface area contributed by atoms with E-state index in [1.165, 1.54) is 11.1 Å². The first kappa shape index (κ1) is 18.2. The zero-order valence-corrected chi connectivity index (χ0v) is 16.7. The van der Waals surface area contributed by atoms with Gasteiger partial charge in [0.05, 0.1) is 0 Å². The summed E-state index contributed by atoms with van der Waals surface area (Å²) in [7, 11) is 0. The molecule has 25 heavy (non-hydrogen) atoms. The number of benzene rings is 3. The SMILES string of the molecule is O=C(CC(SCc1ccccc1)c1ccccc1)c1ccc(I)cc1. The summed E-state index contributed by atoms with van der Waals surface area (Å²) >= 11 is 4.09. The fraction of sp³-hybridized carbons (Fsp3) is 0.136. The normalized spacial score (nSPS) is 11.9. The maximum Gasteiger partial charge on any atom is 0.164 e. The van der Waals surface area contributed by atoms with E-state index < -0.39 is 0 Å². The maximum atomic E-state index is 12.7. The van der Waals surface area contributed by atoms with Crippen LogP contribution in [0.3, 0.4) is 0 Å². The monoisotopic (exact) mass is 458 g/mol. The van der Waals surface area contributed by atoms with Gasteiger partial charge in [-0.25, -0.2) is 0 Å². The van der Waals surface area contributed by atoms with E-state index in [1.54, 1.807) is 0 Å². The van der Waals surface area contributed by atoms with Gasteiger partial charge in [0.25, 0.3) is 0 Å². The van der Waals surface area contributed by atoms with Crippen LogP contribution in [0.2, 0.25) is 0 Å². The Morgan fingerprint density at radius 2 is 1.44 bits per heavy atom. The topological polar surface area (TPSA) is 17.1 Å². The Hall–Kier alpha value is -1.59. The lowest BCUT2D eigenvalue weighted by molar-refractivity contribution is 0.0982. The van der Waals surface area contributed by atoms with Gasteiger partial charge in [0, 0.05) is 26.6 Å². The molecule has 126 valence electrons. The van der Waals surface area contributed by atoms with Crippen LogP contribution in [0, 0.1) is 3.57 Å². The van der Waals surface area contributed by atoms with E-state index in [0.29, 0.717) is 6.42 Å². The van der Waals surface area contributed by atoms with Gasteiger partial charge in [0.1, 0.15) is 0 Å². The van der Waals surface area contributed by atoms with Crippen molar-refractivity contribution in [2.45, 2.75) is 17.4 Å². The lowest BCUT2D eigenvalue weighted by Gasteiger charge is -2.17. The molecule has 0 aliphatic rings. The third-order valence-electron chi connectivity index (χ3n) is 4.00. The first-order valence-electron chi connectivity index (χ1n) is 8.21. The average Bonchev–Trinajstić information content (AvgIpc) is 2.67. The summed E-state index contributed by atoms with van der Waals surface area (Å²) in [6, 6.07) is 28.6. The summed E-state index contributed by atoms with van der Waals surface area (Å²) < 4.78 is 1.15. The van der Waals surface area contributed by atoms with Gasteiger partial charge in [-0.15, -0.1) is 11.8 Å². The second kappa shape index (κ2) is 9.20. The standard InChI is InChI=1S/C22H19IOS/c23-20-13-11-18(12-14-20)21(24)15-22(19-9-5-2-6-10-19)25-16-17-7-3-1-4-8-17/h1-14,22H,15-16H2. The lowest BCUT2D eigenvalue weighted by atomic mass is 10.0. The molecule has 0 saturated heterocycles. The van der Waals surface area contributed by atoms with Crippen molar-refractivity contribution in [2.75, 3.05) is 0 Å². The second-order valence-corrected chi connectivity index (χ2v) is 8.27. The minimum atomic E-state index is 0.160. The molecule has 0 aliphatic carbocycles. The largest absolute Gasteiger partial charge is 0.294 e. The van der Waals surface area contributed by atoms with Crippen LogP contribution in [0.15, 0.2) is 84.9 Å². The van der Waals surface area contributed by atoms with Crippen molar-refractivity contribution in [3.8, 4) is 0 Å². The van der Waals surface area contributed by atoms with Crippen LogP contribution in [0.5, 0.6) is 0 Å². The summed E-state index contributed by atoms with van der Waals surface area (Å²) in [5.41, 5.74) is 3.29. The van der Waals surface area contributed by atoms with Gasteiger partial charge in [0.2, 0.25) is 0 Å². The number of carbonyl (C=O) groups excluding carboxylic acids is 1. The van der Waals surface area contributed by atoms with Crippen LogP contribution in [-0.4, -0.2) is 5.78 Å². The van der Waals surface area contributed by atoms with E-state index in [0.717, 1.165) is 14.9 Å². The minimum Gasteiger partial charge on any atom is -0.294 e. The summed E-state index contributed by atoms with van der Waals surface area (Å²) in [6.45, 7) is 0. The summed E-state index contributed by atoms with van der Waals surface area (Å²) in [4.78, 5) is 12.7. The van der Waals surface area contributed by atoms with Gasteiger partial charge in [-0.1, -0.05) is 72.8 Å². The van der Waals surface area contributed by atoms with Gasteiger partial charge >= 0.3 is 0 Å². The number of thioether (sulfide) groups is 1. The molecule has 1 nitrogen and oxygen atoms in total. The molecule has 0 saturated carbocycles. The van der Waals surface area contributed by atoms with Crippen molar-refractivity contribution >= 4 is 40.1 Å². The van der Waals surface area contributed by atoms with Gasteiger partial charge in [0.15, 0.2) is 5.78 Å². The van der Waals surface area contributed by atoms with E-state index in [9.17, 15) is 4.79 Å². The highest BCUT2D eigenvalue weighted by Gasteiger charge is 2.18. The predicted molar refractivity (Wildman–Crippen MR) is 115 cm³/mol. The Kier molecular flexibility index (Phi) is 6.70. The molecule has 3 heteroatoms. The second-order valence-electron chi connectivity index (χ2n) is 5.83. The van der Waals surface area contributed by atoms with Crippen LogP contribution >= 0.6 is 34.4 Å². The highest BCUT2D eigenvalue weighted by atomic mass is 127. The number of halogens is 1. The Morgan fingerprint density at radius 1 is 0.840 bits per heavy atom. The minimum absolute atomic E-state index is 0.160. The molecule has 0 fully saturated rings. The summed E-state index contributed by atoms with van der Waals surface area (Å²) in [5.74, 6) is 1.10. The molecule has 1 atom stereocenters. The highest BCUT2D eigenvalue weighted by molar-refractivity contribution is 14.1. The van der Waals surface area contributed by atoms with E-state index in [1.807, 2.05) is 60.3 Å². The number of ketones is 1. The molecule has 3 rings (SSSR count). The fourth-order valence-corrected chi connectivity index (χ4v) is 4.20. The molecule has 0 spiro atoms. The van der Waals surface area contributed by atoms with Crippen LogP contribution in [0.4, 0.5) is 0 Å². The smallest absolute Gasteiger partial charge is 0.164 e. The predicted octanol–water partition coefficient (Wildman–Crippen LogP) is 6.54. The van der Waals surface area contributed by atoms with Crippen molar-refractivity contribution in [1.29, 1.82) is 0 Å². The van der Waals surface area contributed by atoms with Crippen LogP contribution in [-0.2, 0) is 5.75 Å². The van der Waals surface area contributed by atoms with Gasteiger partial charge in [-0.3, -0.25) is 4.79 Å². The molecule has 0 bridgehead atoms. The third-order valence-corrected chi connectivity index (χ3v) is 6.06. The zero-order chi connectivity index (χ0) is 17.5. The molecule has 0 radical (unpaired) electrons. The molecule has 3 aromatic rings. The quantitative estimate of drug-likeness (QED) is 0.296. The Morgan fingerprint density at radius 3 is 2.08 bits per heavy atom. The third kappa shape index (κ3) is 5.44. The van der Waals surface area contributed by atoms with Crippen molar-refractivity contribution in [3.63, 3.8) is 0 Å². The van der Waals surface area contributed by atoms with Crippen molar-refractivity contribution in [3.05, 3.63) is 105 Å². The number of carbonyl (C=O) groups is 1. The number of Topliss-reactive ketones (excluding diaryl/α,β-unsaturated/α-hetero) is 1. The lowest BCUT2D eigenvalue weighted by Crippen LogP contribution is -2.06. The Labute approximate surface area is 167 Å². The number of rotatable bonds is 7. The molecule has 0 heterocycles. The molecule has 0 aromatic heterocycles. The molecule has 0 amide bonds. The fourth-order valence-electron chi connectivity index (χ4n) is 2.63. The number of hydrogen-bond donors (Lipinski definition) is 0. The van der Waals surface area contributed by atoms with Crippen LogP contribution in [0.1, 0.15) is 33.2 Å². The first-order valence-corrected chi connectivity index (χ1v) is 10.3. The molecular formula is C22H19IOS. The van der Waals surface area contributed by atoms with Crippen molar-refractivity contribution in [2.24, 2.45) is 0 Å². The Balaban J connectivity index is 1.74. The summed E-state index contributed by atoms with van der Waals surface area (Å²) in [5, 5.41) is 0.160. The van der Waals surface area contributed by atoms with Gasteiger partial charge < -0.3 is 0 Å². The summed E-state index contributed by atoms with van der Waals surface area (Å²) in [6.07, 6.45) is 0.516. The molecule has 1 unspecified atom stereocenters. The van der Waals surface area contributed by atoms with Crippen molar-refractivity contribution in [1.82, 2.24) is 0 Å². The average molecular weight is 458 g/mol. The molecule has 0 N–H and O–H groups in total.